The van der Waals surface area contributed by atoms with Gasteiger partial charge in [0.2, 0.25) is 5.91 Å². The number of nitrogens with zero attached hydrogens (tertiary/aromatic N) is 4. The Bertz CT molecular complexity index is 802. The molecule has 0 atom stereocenters. The van der Waals surface area contributed by atoms with Crippen molar-refractivity contribution in [2.45, 2.75) is 19.8 Å². The number of pyridine rings is 1. The van der Waals surface area contributed by atoms with Gasteiger partial charge in [0.1, 0.15) is 11.9 Å². The fraction of sp³-hybridized carbons (Fsp3) is 0.381. The number of nitriles is 1. The highest BCUT2D eigenvalue weighted by Gasteiger charge is 2.16. The molecule has 1 aliphatic heterocycles. The molecule has 0 unspecified atom stereocenters. The molecule has 0 saturated carbocycles. The molecule has 27 heavy (non-hydrogen) atoms. The molecular weight excluding hydrogens is 338 g/mol. The van der Waals surface area contributed by atoms with Gasteiger partial charge in [-0.25, -0.2) is 4.98 Å². The Kier molecular flexibility index (Phi) is 5.92. The van der Waals surface area contributed by atoms with Gasteiger partial charge in [0.25, 0.3) is 0 Å². The molecule has 0 spiro atoms. The molecule has 6 nitrogen and oxygen atoms in total. The molecule has 0 bridgehead atoms. The predicted molar refractivity (Wildman–Crippen MR) is 108 cm³/mol. The molecule has 1 aromatic heterocycles. The first kappa shape index (κ1) is 18.7. The average molecular weight is 363 g/mol. The van der Waals surface area contributed by atoms with E-state index in [1.165, 1.54) is 24.7 Å². The van der Waals surface area contributed by atoms with Crippen LogP contribution in [-0.4, -0.2) is 37.6 Å². The lowest BCUT2D eigenvalue weighted by Crippen LogP contribution is -2.32. The smallest absolute Gasteiger partial charge is 0.243 e. The van der Waals surface area contributed by atoms with E-state index in [9.17, 15) is 4.79 Å². The lowest BCUT2D eigenvalue weighted by molar-refractivity contribution is -0.114. The maximum atomic E-state index is 12.3. The van der Waals surface area contributed by atoms with Crippen LogP contribution in [0.25, 0.3) is 0 Å². The van der Waals surface area contributed by atoms with Crippen molar-refractivity contribution in [1.82, 2.24) is 4.98 Å². The third kappa shape index (κ3) is 4.98. The second kappa shape index (κ2) is 8.54. The van der Waals surface area contributed by atoms with Crippen LogP contribution in [0, 0.1) is 17.2 Å². The Morgan fingerprint density at radius 1 is 1.26 bits per heavy atom. The van der Waals surface area contributed by atoms with Gasteiger partial charge in [-0.1, -0.05) is 6.92 Å². The number of carbonyl (C=O) groups is 1. The number of hydrogen-bond donors (Lipinski definition) is 1. The summed E-state index contributed by atoms with van der Waals surface area (Å²) in [5.41, 5.74) is 2.49. The molecule has 3 rings (SSSR count). The van der Waals surface area contributed by atoms with E-state index in [0.29, 0.717) is 11.4 Å². The number of benzene rings is 1. The van der Waals surface area contributed by atoms with Crippen LogP contribution in [0.15, 0.2) is 42.6 Å². The van der Waals surface area contributed by atoms with E-state index >= 15 is 0 Å². The summed E-state index contributed by atoms with van der Waals surface area (Å²) in [4.78, 5) is 20.6. The van der Waals surface area contributed by atoms with Gasteiger partial charge in [-0.05, 0) is 55.2 Å². The van der Waals surface area contributed by atoms with Gasteiger partial charge < -0.3 is 15.1 Å². The number of carbonyl (C=O) groups excluding carboxylic acids is 1. The summed E-state index contributed by atoms with van der Waals surface area (Å²) in [7, 11) is 1.80. The normalized spacial score (nSPS) is 14.5. The Hall–Kier alpha value is -3.07. The van der Waals surface area contributed by atoms with Gasteiger partial charge in [-0.2, -0.15) is 5.26 Å². The number of amides is 1. The minimum absolute atomic E-state index is 0.108. The molecule has 0 aliphatic carbocycles. The first-order valence-electron chi connectivity index (χ1n) is 9.27. The van der Waals surface area contributed by atoms with Crippen LogP contribution in [0.4, 0.5) is 17.2 Å². The van der Waals surface area contributed by atoms with Crippen LogP contribution < -0.4 is 15.1 Å². The highest BCUT2D eigenvalue weighted by atomic mass is 16.2. The summed E-state index contributed by atoms with van der Waals surface area (Å²) in [6, 6.07) is 13.5. The largest absolute Gasteiger partial charge is 0.372 e. The van der Waals surface area contributed by atoms with Gasteiger partial charge in [-0.3, -0.25) is 4.79 Å². The number of aromatic nitrogens is 1. The van der Waals surface area contributed by atoms with Crippen molar-refractivity contribution in [1.29, 1.82) is 5.26 Å². The standard InChI is InChI=1S/C21H25N5O/c1-16-9-11-26(12-10-16)19-6-4-18(5-7-19)24-21(27)15-25(2)20-8-3-17(13-22)14-23-20/h3-8,14,16H,9-12,15H2,1-2H3,(H,24,27). The topological polar surface area (TPSA) is 72.3 Å². The SMILES string of the molecule is CC1CCN(c2ccc(NC(=O)CN(C)c3ccc(C#N)cn3)cc2)CC1. The molecule has 140 valence electrons. The summed E-state index contributed by atoms with van der Waals surface area (Å²) >= 11 is 0. The first-order valence-corrected chi connectivity index (χ1v) is 9.27. The minimum atomic E-state index is -0.108. The fourth-order valence-corrected chi connectivity index (χ4v) is 3.20. The van der Waals surface area contributed by atoms with E-state index in [-0.39, 0.29) is 12.5 Å². The highest BCUT2D eigenvalue weighted by Crippen LogP contribution is 2.24. The van der Waals surface area contributed by atoms with Crippen molar-refractivity contribution in [3.63, 3.8) is 0 Å². The minimum Gasteiger partial charge on any atom is -0.372 e. The number of anilines is 3. The zero-order chi connectivity index (χ0) is 19.2. The van der Waals surface area contributed by atoms with Crippen molar-refractivity contribution in [2.24, 2.45) is 5.92 Å². The lowest BCUT2D eigenvalue weighted by Gasteiger charge is -2.32. The molecule has 1 saturated heterocycles. The zero-order valence-corrected chi connectivity index (χ0v) is 15.9. The van der Waals surface area contributed by atoms with E-state index in [2.05, 4.69) is 34.3 Å². The first-order chi connectivity index (χ1) is 13.0. The van der Waals surface area contributed by atoms with Gasteiger partial charge >= 0.3 is 0 Å². The van der Waals surface area contributed by atoms with Crippen LogP contribution >= 0.6 is 0 Å². The maximum absolute atomic E-state index is 12.3. The van der Waals surface area contributed by atoms with Crippen molar-refractivity contribution in [3.8, 4) is 6.07 Å². The van der Waals surface area contributed by atoms with Gasteiger partial charge in [0, 0.05) is 37.7 Å². The Labute approximate surface area is 160 Å². The second-order valence-electron chi connectivity index (χ2n) is 7.14. The number of rotatable bonds is 5. The Balaban J connectivity index is 1.53. The van der Waals surface area contributed by atoms with Crippen molar-refractivity contribution < 1.29 is 4.79 Å². The molecule has 2 heterocycles. The molecule has 0 radical (unpaired) electrons. The quantitative estimate of drug-likeness (QED) is 0.883. The number of hydrogen-bond acceptors (Lipinski definition) is 5. The third-order valence-electron chi connectivity index (χ3n) is 4.95. The van der Waals surface area contributed by atoms with Crippen LogP contribution in [0.5, 0.6) is 0 Å². The van der Waals surface area contributed by atoms with Gasteiger partial charge in [-0.15, -0.1) is 0 Å². The lowest BCUT2D eigenvalue weighted by atomic mass is 9.99. The molecule has 2 aromatic rings. The summed E-state index contributed by atoms with van der Waals surface area (Å²) in [6.45, 7) is 4.68. The van der Waals surface area contributed by atoms with Gasteiger partial charge in [0.05, 0.1) is 12.1 Å². The van der Waals surface area contributed by atoms with Crippen LogP contribution in [0.3, 0.4) is 0 Å². The Morgan fingerprint density at radius 2 is 1.96 bits per heavy atom. The maximum Gasteiger partial charge on any atom is 0.243 e. The monoisotopic (exact) mass is 363 g/mol. The van der Waals surface area contributed by atoms with Gasteiger partial charge in [0.15, 0.2) is 0 Å². The van der Waals surface area contributed by atoms with E-state index in [4.69, 9.17) is 5.26 Å². The van der Waals surface area contributed by atoms with E-state index in [1.54, 1.807) is 24.1 Å². The number of piperidine rings is 1. The summed E-state index contributed by atoms with van der Waals surface area (Å²) in [5, 5.41) is 11.7. The molecule has 1 amide bonds. The molecule has 6 heteroatoms. The average Bonchev–Trinajstić information content (AvgIpc) is 2.69. The fourth-order valence-electron chi connectivity index (χ4n) is 3.20. The van der Waals surface area contributed by atoms with E-state index < -0.39 is 0 Å². The summed E-state index contributed by atoms with van der Waals surface area (Å²) < 4.78 is 0. The van der Waals surface area contributed by atoms with Crippen molar-refractivity contribution >= 4 is 23.1 Å². The van der Waals surface area contributed by atoms with Crippen LogP contribution in [0.1, 0.15) is 25.3 Å². The summed E-state index contributed by atoms with van der Waals surface area (Å²) in [6.07, 6.45) is 3.96. The van der Waals surface area contributed by atoms with Crippen molar-refractivity contribution in [2.75, 3.05) is 41.8 Å². The van der Waals surface area contributed by atoms with Crippen LogP contribution in [0.2, 0.25) is 0 Å². The molecule has 1 aromatic carbocycles. The zero-order valence-electron chi connectivity index (χ0n) is 15.9. The molecule has 1 aliphatic rings. The number of nitrogens with one attached hydrogen (secondary N) is 1. The van der Waals surface area contributed by atoms with Crippen molar-refractivity contribution in [3.05, 3.63) is 48.2 Å². The summed E-state index contributed by atoms with van der Waals surface area (Å²) in [5.74, 6) is 1.35. The number of likely N-dealkylation sites (N-methyl/N-ethyl adjacent to an activating group) is 1. The second-order valence-corrected chi connectivity index (χ2v) is 7.14. The van der Waals surface area contributed by atoms with E-state index in [1.807, 2.05) is 18.2 Å². The van der Waals surface area contributed by atoms with E-state index in [0.717, 1.165) is 24.7 Å². The molecular formula is C21H25N5O. The molecule has 1 fully saturated rings. The Morgan fingerprint density at radius 3 is 2.56 bits per heavy atom. The third-order valence-corrected chi connectivity index (χ3v) is 4.95. The predicted octanol–water partition coefficient (Wildman–Crippen LogP) is 3.26. The molecule has 1 N–H and O–H groups in total. The van der Waals surface area contributed by atoms with Crippen LogP contribution in [-0.2, 0) is 4.79 Å². The highest BCUT2D eigenvalue weighted by molar-refractivity contribution is 5.94.